The van der Waals surface area contributed by atoms with E-state index in [2.05, 4.69) is 26.0 Å². The van der Waals surface area contributed by atoms with Crippen molar-refractivity contribution in [3.8, 4) is 6.07 Å². The smallest absolute Gasteiger partial charge is 0.321 e. The largest absolute Gasteiger partial charge is 0.468 e. The van der Waals surface area contributed by atoms with Crippen molar-refractivity contribution in [2.45, 2.75) is 4.83 Å². The zero-order valence-corrected chi connectivity index (χ0v) is 10.6. The van der Waals surface area contributed by atoms with Gasteiger partial charge in [0, 0.05) is 12.2 Å². The lowest BCUT2D eigenvalue weighted by Gasteiger charge is -2.10. The van der Waals surface area contributed by atoms with Crippen molar-refractivity contribution >= 4 is 27.6 Å². The second-order valence-corrected chi connectivity index (χ2v) is 4.28. The zero-order chi connectivity index (χ0) is 12.8. The van der Waals surface area contributed by atoms with Crippen molar-refractivity contribution in [1.29, 1.82) is 5.26 Å². The number of esters is 1. The van der Waals surface area contributed by atoms with E-state index in [9.17, 15) is 9.18 Å². The number of rotatable bonds is 4. The van der Waals surface area contributed by atoms with Gasteiger partial charge in [0.05, 0.1) is 12.7 Å². The molecule has 90 valence electrons. The van der Waals surface area contributed by atoms with Gasteiger partial charge in [0.1, 0.15) is 16.7 Å². The summed E-state index contributed by atoms with van der Waals surface area (Å²) >= 11 is 3.13. The molecule has 0 aromatic heterocycles. The van der Waals surface area contributed by atoms with Crippen LogP contribution in [0.2, 0.25) is 0 Å². The molecule has 0 fully saturated rings. The first-order valence-electron chi connectivity index (χ1n) is 4.74. The molecule has 17 heavy (non-hydrogen) atoms. The number of nitrogens with zero attached hydrogens (tertiary/aromatic N) is 1. The first-order valence-corrected chi connectivity index (χ1v) is 5.65. The summed E-state index contributed by atoms with van der Waals surface area (Å²) in [6, 6.07) is 5.81. The zero-order valence-electron chi connectivity index (χ0n) is 9.04. The number of halogens is 2. The SMILES string of the molecule is COC(=O)C(Br)CNc1ccc(F)c(C#N)c1. The van der Waals surface area contributed by atoms with Crippen LogP contribution in [0.5, 0.6) is 0 Å². The monoisotopic (exact) mass is 300 g/mol. The molecular formula is C11H10BrFN2O2. The van der Waals surface area contributed by atoms with Gasteiger partial charge in [-0.1, -0.05) is 15.9 Å². The Morgan fingerprint density at radius 3 is 3.00 bits per heavy atom. The Bertz CT molecular complexity index is 459. The van der Waals surface area contributed by atoms with Gasteiger partial charge in [0.25, 0.3) is 0 Å². The van der Waals surface area contributed by atoms with Crippen molar-refractivity contribution in [3.05, 3.63) is 29.6 Å². The van der Waals surface area contributed by atoms with E-state index in [-0.39, 0.29) is 12.1 Å². The third kappa shape index (κ3) is 3.71. The fourth-order valence-corrected chi connectivity index (χ4v) is 1.49. The van der Waals surface area contributed by atoms with Gasteiger partial charge < -0.3 is 10.1 Å². The Hall–Kier alpha value is -1.61. The summed E-state index contributed by atoms with van der Waals surface area (Å²) in [7, 11) is 1.29. The summed E-state index contributed by atoms with van der Waals surface area (Å²) in [6.07, 6.45) is 0. The van der Waals surface area contributed by atoms with Crippen molar-refractivity contribution in [2.24, 2.45) is 0 Å². The number of carbonyl (C=O) groups excluding carboxylic acids is 1. The molecule has 6 heteroatoms. The molecule has 0 bridgehead atoms. The average molecular weight is 301 g/mol. The molecule has 1 aromatic rings. The Labute approximate surface area is 107 Å². The Balaban J connectivity index is 2.65. The van der Waals surface area contributed by atoms with E-state index in [1.807, 2.05) is 0 Å². The van der Waals surface area contributed by atoms with Crippen LogP contribution < -0.4 is 5.32 Å². The highest BCUT2D eigenvalue weighted by Gasteiger charge is 2.14. The normalized spacial score (nSPS) is 11.4. The maximum Gasteiger partial charge on any atom is 0.321 e. The van der Waals surface area contributed by atoms with E-state index in [0.29, 0.717) is 5.69 Å². The topological polar surface area (TPSA) is 62.1 Å². The molecule has 0 heterocycles. The van der Waals surface area contributed by atoms with Gasteiger partial charge in [-0.25, -0.2) is 4.39 Å². The highest BCUT2D eigenvalue weighted by molar-refractivity contribution is 9.10. The van der Waals surface area contributed by atoms with Crippen LogP contribution in [-0.4, -0.2) is 24.5 Å². The first kappa shape index (κ1) is 13.5. The van der Waals surface area contributed by atoms with Crippen LogP contribution >= 0.6 is 15.9 Å². The van der Waals surface area contributed by atoms with Crippen LogP contribution in [0.15, 0.2) is 18.2 Å². The van der Waals surface area contributed by atoms with E-state index in [4.69, 9.17) is 5.26 Å². The van der Waals surface area contributed by atoms with Crippen molar-refractivity contribution in [1.82, 2.24) is 0 Å². The number of hydrogen-bond donors (Lipinski definition) is 1. The number of nitriles is 1. The summed E-state index contributed by atoms with van der Waals surface area (Å²) < 4.78 is 17.5. The molecule has 0 spiro atoms. The minimum absolute atomic E-state index is 0.0424. The molecular weight excluding hydrogens is 291 g/mol. The van der Waals surface area contributed by atoms with Gasteiger partial charge in [-0.2, -0.15) is 5.26 Å². The number of nitrogens with one attached hydrogen (secondary N) is 1. The number of carbonyl (C=O) groups is 1. The van der Waals surface area contributed by atoms with Crippen LogP contribution in [0.4, 0.5) is 10.1 Å². The molecule has 0 aliphatic carbocycles. The molecule has 1 unspecified atom stereocenters. The lowest BCUT2D eigenvalue weighted by molar-refractivity contribution is -0.139. The molecule has 1 atom stereocenters. The Morgan fingerprint density at radius 2 is 2.41 bits per heavy atom. The van der Waals surface area contributed by atoms with Crippen LogP contribution in [-0.2, 0) is 9.53 Å². The van der Waals surface area contributed by atoms with Crippen LogP contribution in [0.1, 0.15) is 5.56 Å². The molecule has 0 amide bonds. The van der Waals surface area contributed by atoms with Gasteiger partial charge >= 0.3 is 5.97 Å². The third-order valence-electron chi connectivity index (χ3n) is 2.03. The lowest BCUT2D eigenvalue weighted by atomic mass is 10.2. The van der Waals surface area contributed by atoms with Gasteiger partial charge in [-0.15, -0.1) is 0 Å². The molecule has 0 saturated heterocycles. The number of anilines is 1. The van der Waals surface area contributed by atoms with Gasteiger partial charge in [0.15, 0.2) is 0 Å². The van der Waals surface area contributed by atoms with Crippen molar-refractivity contribution in [2.75, 3.05) is 19.0 Å². The molecule has 0 aliphatic heterocycles. The second-order valence-electron chi connectivity index (χ2n) is 3.18. The number of ether oxygens (including phenoxy) is 1. The second kappa shape index (κ2) is 6.21. The van der Waals surface area contributed by atoms with Crippen LogP contribution in [0.3, 0.4) is 0 Å². The predicted molar refractivity (Wildman–Crippen MR) is 64.3 cm³/mol. The fourth-order valence-electron chi connectivity index (χ4n) is 1.14. The van der Waals surface area contributed by atoms with Crippen LogP contribution in [0, 0.1) is 17.1 Å². The number of benzene rings is 1. The van der Waals surface area contributed by atoms with E-state index in [1.165, 1.54) is 25.3 Å². The van der Waals surface area contributed by atoms with Gasteiger partial charge in [0.2, 0.25) is 0 Å². The van der Waals surface area contributed by atoms with E-state index in [0.717, 1.165) is 0 Å². The van der Waals surface area contributed by atoms with E-state index in [1.54, 1.807) is 6.07 Å². The first-order chi connectivity index (χ1) is 8.08. The summed E-state index contributed by atoms with van der Waals surface area (Å²) in [4.78, 5) is 10.6. The average Bonchev–Trinajstić information content (AvgIpc) is 2.36. The standard InChI is InChI=1S/C11H10BrFN2O2/c1-17-11(16)9(12)6-15-8-2-3-10(13)7(4-8)5-14/h2-4,9,15H,6H2,1H3. The van der Waals surface area contributed by atoms with E-state index < -0.39 is 16.6 Å². The van der Waals surface area contributed by atoms with Gasteiger partial charge in [-0.05, 0) is 18.2 Å². The van der Waals surface area contributed by atoms with Crippen molar-refractivity contribution < 1.29 is 13.9 Å². The summed E-state index contributed by atoms with van der Waals surface area (Å²) in [5.41, 5.74) is 0.524. The highest BCUT2D eigenvalue weighted by Crippen LogP contribution is 2.14. The fraction of sp³-hybridized carbons (Fsp3) is 0.273. The summed E-state index contributed by atoms with van der Waals surface area (Å²) in [6.45, 7) is 0.281. The molecule has 0 radical (unpaired) electrons. The minimum atomic E-state index is -0.568. The van der Waals surface area contributed by atoms with Crippen LogP contribution in [0.25, 0.3) is 0 Å². The molecule has 0 saturated carbocycles. The summed E-state index contributed by atoms with van der Waals surface area (Å²) in [5.74, 6) is -0.971. The number of alkyl halides is 1. The minimum Gasteiger partial charge on any atom is -0.468 e. The quantitative estimate of drug-likeness (QED) is 0.683. The molecule has 1 aromatic carbocycles. The molecule has 1 rings (SSSR count). The Kier molecular flexibility index (Phi) is 4.91. The maximum absolute atomic E-state index is 13.0. The van der Waals surface area contributed by atoms with Crippen molar-refractivity contribution in [3.63, 3.8) is 0 Å². The maximum atomic E-state index is 13.0. The predicted octanol–water partition coefficient (Wildman–Crippen LogP) is 2.05. The lowest BCUT2D eigenvalue weighted by Crippen LogP contribution is -2.24. The third-order valence-corrected chi connectivity index (χ3v) is 2.73. The molecule has 4 nitrogen and oxygen atoms in total. The number of methoxy groups -OCH3 is 1. The molecule has 0 aliphatic rings. The highest BCUT2D eigenvalue weighted by atomic mass is 79.9. The van der Waals surface area contributed by atoms with E-state index >= 15 is 0 Å². The number of hydrogen-bond acceptors (Lipinski definition) is 4. The van der Waals surface area contributed by atoms with Gasteiger partial charge in [-0.3, -0.25) is 4.79 Å². The summed E-state index contributed by atoms with van der Waals surface area (Å²) in [5, 5.41) is 11.5. The Morgan fingerprint density at radius 1 is 1.71 bits per heavy atom. The molecule has 1 N–H and O–H groups in total.